The largest absolute Gasteiger partial charge is 0.547 e. The number of hydrogen-bond donors (Lipinski definition) is 1. The SMILES string of the molecule is CC(C)(C)C1C=C(O[Si](C)(C)C)CCN1. The summed E-state index contributed by atoms with van der Waals surface area (Å²) in [5, 5.41) is 3.53. The molecule has 0 spiro atoms. The van der Waals surface area contributed by atoms with E-state index in [0.29, 0.717) is 6.04 Å². The Bertz CT molecular complexity index is 247. The van der Waals surface area contributed by atoms with Gasteiger partial charge < -0.3 is 9.74 Å². The van der Waals surface area contributed by atoms with Crippen molar-refractivity contribution >= 4 is 8.32 Å². The Labute approximate surface area is 95.2 Å². The molecule has 1 aliphatic rings. The van der Waals surface area contributed by atoms with Gasteiger partial charge in [0, 0.05) is 19.0 Å². The van der Waals surface area contributed by atoms with Crippen LogP contribution in [0.1, 0.15) is 27.2 Å². The van der Waals surface area contributed by atoms with Gasteiger partial charge >= 0.3 is 0 Å². The van der Waals surface area contributed by atoms with Crippen molar-refractivity contribution in [3.63, 3.8) is 0 Å². The maximum atomic E-state index is 6.06. The molecule has 0 fully saturated rings. The van der Waals surface area contributed by atoms with Crippen LogP contribution >= 0.6 is 0 Å². The molecule has 1 atom stereocenters. The van der Waals surface area contributed by atoms with Gasteiger partial charge in [-0.3, -0.25) is 0 Å². The van der Waals surface area contributed by atoms with Crippen molar-refractivity contribution in [3.8, 4) is 0 Å². The van der Waals surface area contributed by atoms with Crippen LogP contribution in [0.2, 0.25) is 19.6 Å². The van der Waals surface area contributed by atoms with Crippen molar-refractivity contribution in [3.05, 3.63) is 11.8 Å². The molecule has 0 amide bonds. The van der Waals surface area contributed by atoms with Crippen molar-refractivity contribution < 1.29 is 4.43 Å². The third kappa shape index (κ3) is 4.39. The molecular weight excluding hydrogens is 202 g/mol. The van der Waals surface area contributed by atoms with Gasteiger partial charge in [0.05, 0.1) is 5.76 Å². The van der Waals surface area contributed by atoms with Crippen LogP contribution < -0.4 is 5.32 Å². The molecule has 0 radical (unpaired) electrons. The Morgan fingerprint density at radius 2 is 1.93 bits per heavy atom. The molecular formula is C12H25NOSi. The second kappa shape index (κ2) is 4.30. The Hall–Kier alpha value is -0.283. The fourth-order valence-electron chi connectivity index (χ4n) is 1.71. The molecule has 0 aliphatic carbocycles. The van der Waals surface area contributed by atoms with E-state index in [1.54, 1.807) is 0 Å². The first-order valence-corrected chi connectivity index (χ1v) is 9.22. The molecule has 0 saturated carbocycles. The van der Waals surface area contributed by atoms with Gasteiger partial charge in [-0.1, -0.05) is 20.8 Å². The molecule has 1 heterocycles. The maximum Gasteiger partial charge on any atom is 0.241 e. The first-order valence-electron chi connectivity index (χ1n) is 5.81. The smallest absolute Gasteiger partial charge is 0.241 e. The lowest BCUT2D eigenvalue weighted by atomic mass is 9.85. The Balaban J connectivity index is 2.70. The molecule has 1 N–H and O–H groups in total. The first kappa shape index (κ1) is 12.8. The normalized spacial score (nSPS) is 23.6. The Morgan fingerprint density at radius 3 is 2.40 bits per heavy atom. The average Bonchev–Trinajstić information content (AvgIpc) is 1.99. The predicted octanol–water partition coefficient (Wildman–Crippen LogP) is 3.13. The predicted molar refractivity (Wildman–Crippen MR) is 68.4 cm³/mol. The summed E-state index contributed by atoms with van der Waals surface area (Å²) in [5.74, 6) is 1.20. The molecule has 1 unspecified atom stereocenters. The van der Waals surface area contributed by atoms with E-state index in [9.17, 15) is 0 Å². The van der Waals surface area contributed by atoms with Crippen molar-refractivity contribution in [2.45, 2.75) is 52.9 Å². The number of rotatable bonds is 2. The molecule has 1 rings (SSSR count). The van der Waals surface area contributed by atoms with Crippen molar-refractivity contribution in [2.24, 2.45) is 5.41 Å². The minimum absolute atomic E-state index is 0.272. The van der Waals surface area contributed by atoms with E-state index in [0.717, 1.165) is 13.0 Å². The van der Waals surface area contributed by atoms with E-state index in [-0.39, 0.29) is 5.41 Å². The van der Waals surface area contributed by atoms with Crippen LogP contribution in [0.3, 0.4) is 0 Å². The molecule has 15 heavy (non-hydrogen) atoms. The van der Waals surface area contributed by atoms with Crippen LogP contribution in [0.25, 0.3) is 0 Å². The first-order chi connectivity index (χ1) is 6.68. The Kier molecular flexibility index (Phi) is 3.66. The summed E-state index contributed by atoms with van der Waals surface area (Å²) in [4.78, 5) is 0. The lowest BCUT2D eigenvalue weighted by Gasteiger charge is -2.34. The van der Waals surface area contributed by atoms with Gasteiger partial charge in [0.25, 0.3) is 0 Å². The minimum Gasteiger partial charge on any atom is -0.547 e. The molecule has 88 valence electrons. The summed E-state index contributed by atoms with van der Waals surface area (Å²) < 4.78 is 6.06. The van der Waals surface area contributed by atoms with E-state index >= 15 is 0 Å². The summed E-state index contributed by atoms with van der Waals surface area (Å²) in [6.45, 7) is 14.5. The van der Waals surface area contributed by atoms with E-state index in [1.165, 1.54) is 5.76 Å². The second-order valence-corrected chi connectivity index (χ2v) is 10.8. The third-order valence-corrected chi connectivity index (χ3v) is 3.33. The van der Waals surface area contributed by atoms with Gasteiger partial charge in [0.15, 0.2) is 0 Å². The monoisotopic (exact) mass is 227 g/mol. The van der Waals surface area contributed by atoms with Gasteiger partial charge in [-0.25, -0.2) is 0 Å². The third-order valence-electron chi connectivity index (χ3n) is 2.46. The summed E-state index contributed by atoms with van der Waals surface area (Å²) in [6.07, 6.45) is 3.32. The highest BCUT2D eigenvalue weighted by Gasteiger charge is 2.27. The number of hydrogen-bond acceptors (Lipinski definition) is 2. The standard InChI is InChI=1S/C12H25NOSi/c1-12(2,3)11-9-10(7-8-13-11)14-15(4,5)6/h9,11,13H,7-8H2,1-6H3. The van der Waals surface area contributed by atoms with Gasteiger partial charge in [-0.2, -0.15) is 0 Å². The van der Waals surface area contributed by atoms with Crippen LogP contribution in [0.4, 0.5) is 0 Å². The topological polar surface area (TPSA) is 21.3 Å². The fourth-order valence-corrected chi connectivity index (χ4v) is 2.67. The maximum absolute atomic E-state index is 6.06. The molecule has 0 aromatic heterocycles. The summed E-state index contributed by atoms with van der Waals surface area (Å²) in [6, 6.07) is 0.442. The highest BCUT2D eigenvalue weighted by atomic mass is 28.4. The van der Waals surface area contributed by atoms with Crippen molar-refractivity contribution in [2.75, 3.05) is 6.54 Å². The van der Waals surface area contributed by atoms with E-state index in [2.05, 4.69) is 51.8 Å². The zero-order chi connectivity index (χ0) is 11.7. The minimum atomic E-state index is -1.43. The molecule has 0 aromatic carbocycles. The van der Waals surface area contributed by atoms with Crippen LogP contribution in [0.5, 0.6) is 0 Å². The van der Waals surface area contributed by atoms with Gasteiger partial charge in [0.1, 0.15) is 0 Å². The fraction of sp³-hybridized carbons (Fsp3) is 0.833. The highest BCUT2D eigenvalue weighted by Crippen LogP contribution is 2.26. The number of nitrogens with one attached hydrogen (secondary N) is 1. The summed E-state index contributed by atoms with van der Waals surface area (Å²) in [7, 11) is -1.43. The quantitative estimate of drug-likeness (QED) is 0.732. The summed E-state index contributed by atoms with van der Waals surface area (Å²) >= 11 is 0. The molecule has 2 nitrogen and oxygen atoms in total. The average molecular weight is 227 g/mol. The second-order valence-electron chi connectivity index (χ2n) is 6.40. The highest BCUT2D eigenvalue weighted by molar-refractivity contribution is 6.70. The van der Waals surface area contributed by atoms with E-state index in [4.69, 9.17) is 4.43 Å². The molecule has 0 saturated heterocycles. The lowest BCUT2D eigenvalue weighted by molar-refractivity contribution is 0.279. The lowest BCUT2D eigenvalue weighted by Crippen LogP contribution is -2.43. The zero-order valence-electron chi connectivity index (χ0n) is 11.0. The van der Waals surface area contributed by atoms with Gasteiger partial charge in [0.2, 0.25) is 8.32 Å². The molecule has 0 aromatic rings. The van der Waals surface area contributed by atoms with Crippen molar-refractivity contribution in [1.82, 2.24) is 5.32 Å². The van der Waals surface area contributed by atoms with Crippen LogP contribution in [0, 0.1) is 5.41 Å². The van der Waals surface area contributed by atoms with Gasteiger partial charge in [-0.15, -0.1) is 0 Å². The van der Waals surface area contributed by atoms with Crippen LogP contribution in [0.15, 0.2) is 11.8 Å². The van der Waals surface area contributed by atoms with Crippen molar-refractivity contribution in [1.29, 1.82) is 0 Å². The van der Waals surface area contributed by atoms with E-state index in [1.807, 2.05) is 0 Å². The van der Waals surface area contributed by atoms with Crippen LogP contribution in [-0.2, 0) is 4.43 Å². The van der Waals surface area contributed by atoms with Gasteiger partial charge in [-0.05, 0) is 31.1 Å². The molecule has 0 bridgehead atoms. The molecule has 1 aliphatic heterocycles. The zero-order valence-corrected chi connectivity index (χ0v) is 12.0. The van der Waals surface area contributed by atoms with Crippen LogP contribution in [-0.4, -0.2) is 20.9 Å². The Morgan fingerprint density at radius 1 is 1.33 bits per heavy atom. The summed E-state index contributed by atoms with van der Waals surface area (Å²) in [5.41, 5.74) is 0.272. The van der Waals surface area contributed by atoms with E-state index < -0.39 is 8.32 Å². The molecule has 3 heteroatoms.